The number of nitrogens with one attached hydrogen (secondary N) is 1. The topological polar surface area (TPSA) is 39.7 Å². The van der Waals surface area contributed by atoms with Gasteiger partial charge in [0.05, 0.1) is 33.0 Å². The molecule has 0 aliphatic heterocycles. The summed E-state index contributed by atoms with van der Waals surface area (Å²) in [5, 5.41) is 2.86. The van der Waals surface area contributed by atoms with Crippen molar-refractivity contribution in [3.63, 3.8) is 0 Å². The van der Waals surface area contributed by atoms with Crippen LogP contribution < -0.4 is 5.32 Å². The van der Waals surface area contributed by atoms with Crippen LogP contribution in [0.4, 0.5) is 13.2 Å². The Bertz CT molecular complexity index is 184. The first-order valence-electron chi connectivity index (χ1n) is 5.62. The van der Waals surface area contributed by atoms with Gasteiger partial charge in [0.2, 0.25) is 0 Å². The molecule has 18 heavy (non-hydrogen) atoms. The Hall–Kier alpha value is -0.0200. The van der Waals surface area contributed by atoms with Gasteiger partial charge in [-0.3, -0.25) is 0 Å². The molecule has 1 N–H and O–H groups in total. The Morgan fingerprint density at radius 2 is 1.56 bits per heavy atom. The van der Waals surface area contributed by atoms with E-state index >= 15 is 0 Å². The fourth-order valence-corrected chi connectivity index (χ4v) is 1.45. The van der Waals surface area contributed by atoms with Crippen molar-refractivity contribution in [2.24, 2.45) is 0 Å². The zero-order valence-corrected chi connectivity index (χ0v) is 11.2. The number of alkyl halides is 3. The van der Waals surface area contributed by atoms with Crippen molar-refractivity contribution in [2.45, 2.75) is 5.51 Å². The lowest BCUT2D eigenvalue weighted by molar-refractivity contribution is -0.0327. The molecule has 0 fully saturated rings. The Labute approximate surface area is 110 Å². The molecular formula is C10H20F3NO3S. The third kappa shape index (κ3) is 16.0. The van der Waals surface area contributed by atoms with E-state index in [0.717, 1.165) is 0 Å². The van der Waals surface area contributed by atoms with Gasteiger partial charge in [0.15, 0.2) is 0 Å². The molecular weight excluding hydrogens is 271 g/mol. The predicted octanol–water partition coefficient (Wildman–Crippen LogP) is 1.51. The normalized spacial score (nSPS) is 12.0. The fourth-order valence-electron chi connectivity index (χ4n) is 0.972. The molecule has 0 aliphatic rings. The van der Waals surface area contributed by atoms with E-state index in [4.69, 9.17) is 14.2 Å². The summed E-state index contributed by atoms with van der Waals surface area (Å²) in [6.45, 7) is 3.37. The number of rotatable bonds is 12. The lowest BCUT2D eigenvalue weighted by Gasteiger charge is -2.08. The van der Waals surface area contributed by atoms with Crippen LogP contribution in [0.15, 0.2) is 0 Å². The molecule has 0 aromatic heterocycles. The molecule has 8 heteroatoms. The molecule has 0 radical (unpaired) electrons. The Morgan fingerprint density at radius 1 is 0.944 bits per heavy atom. The van der Waals surface area contributed by atoms with Crippen LogP contribution >= 0.6 is 11.8 Å². The van der Waals surface area contributed by atoms with Crippen LogP contribution in [0.1, 0.15) is 0 Å². The van der Waals surface area contributed by atoms with Gasteiger partial charge in [-0.2, -0.15) is 13.2 Å². The summed E-state index contributed by atoms with van der Waals surface area (Å²) in [4.78, 5) is 0. The zero-order valence-electron chi connectivity index (χ0n) is 10.4. The zero-order chi connectivity index (χ0) is 13.7. The average Bonchev–Trinajstić information content (AvgIpc) is 2.29. The number of ether oxygens (including phenoxy) is 3. The van der Waals surface area contributed by atoms with Crippen LogP contribution in [-0.4, -0.2) is 64.5 Å². The summed E-state index contributed by atoms with van der Waals surface area (Å²) < 4.78 is 50.4. The maximum Gasteiger partial charge on any atom is 0.441 e. The van der Waals surface area contributed by atoms with E-state index < -0.39 is 5.51 Å². The van der Waals surface area contributed by atoms with Gasteiger partial charge in [0, 0.05) is 26.0 Å². The van der Waals surface area contributed by atoms with Crippen molar-refractivity contribution in [1.82, 2.24) is 5.32 Å². The van der Waals surface area contributed by atoms with Crippen LogP contribution in [0.5, 0.6) is 0 Å². The summed E-state index contributed by atoms with van der Waals surface area (Å²) >= 11 is -0.0221. The second-order valence-corrected chi connectivity index (χ2v) is 4.42. The second-order valence-electron chi connectivity index (χ2n) is 3.26. The highest BCUT2D eigenvalue weighted by Crippen LogP contribution is 2.29. The van der Waals surface area contributed by atoms with Crippen molar-refractivity contribution in [3.8, 4) is 0 Å². The summed E-state index contributed by atoms with van der Waals surface area (Å²) in [7, 11) is 1.60. The first-order valence-corrected chi connectivity index (χ1v) is 6.60. The molecule has 0 amide bonds. The molecule has 0 aromatic carbocycles. The number of hydrogen-bond donors (Lipinski definition) is 1. The number of hydrogen-bond acceptors (Lipinski definition) is 5. The molecule has 0 rings (SSSR count). The van der Waals surface area contributed by atoms with E-state index in [9.17, 15) is 13.2 Å². The van der Waals surface area contributed by atoms with Crippen molar-refractivity contribution >= 4 is 11.8 Å². The third-order valence-corrected chi connectivity index (χ3v) is 2.51. The van der Waals surface area contributed by atoms with Gasteiger partial charge in [-0.05, 0) is 11.8 Å². The van der Waals surface area contributed by atoms with Crippen molar-refractivity contribution in [2.75, 3.05) is 59.0 Å². The van der Waals surface area contributed by atoms with Gasteiger partial charge in [-0.15, -0.1) is 0 Å². The van der Waals surface area contributed by atoms with Gasteiger partial charge in [0.25, 0.3) is 0 Å². The smallest absolute Gasteiger partial charge is 0.382 e. The maximum atomic E-state index is 11.7. The number of thioether (sulfide) groups is 1. The van der Waals surface area contributed by atoms with Crippen molar-refractivity contribution < 1.29 is 27.4 Å². The quantitative estimate of drug-likeness (QED) is 0.552. The monoisotopic (exact) mass is 291 g/mol. The molecule has 110 valence electrons. The van der Waals surface area contributed by atoms with Crippen molar-refractivity contribution in [1.29, 1.82) is 0 Å². The summed E-state index contributed by atoms with van der Waals surface area (Å²) in [6.07, 6.45) is 0. The van der Waals surface area contributed by atoms with Crippen LogP contribution in [0.25, 0.3) is 0 Å². The van der Waals surface area contributed by atoms with E-state index in [2.05, 4.69) is 5.32 Å². The summed E-state index contributed by atoms with van der Waals surface area (Å²) in [5.74, 6) is 0.0175. The molecule has 0 saturated heterocycles. The minimum absolute atomic E-state index is 0.0175. The molecule has 4 nitrogen and oxygen atoms in total. The molecule has 0 atom stereocenters. The summed E-state index contributed by atoms with van der Waals surface area (Å²) in [5.41, 5.74) is -4.14. The van der Waals surface area contributed by atoms with E-state index in [0.29, 0.717) is 46.1 Å². The molecule has 0 saturated carbocycles. The number of halogens is 3. The van der Waals surface area contributed by atoms with Gasteiger partial charge in [0.1, 0.15) is 0 Å². The standard InChI is InChI=1S/C10H20F3NO3S/c1-15-5-6-17-8-7-16-4-2-14-3-9-18-10(11,12)13/h14H,2-9H2,1H3. The number of methoxy groups -OCH3 is 1. The van der Waals surface area contributed by atoms with E-state index in [1.165, 1.54) is 0 Å². The van der Waals surface area contributed by atoms with Gasteiger partial charge < -0.3 is 19.5 Å². The van der Waals surface area contributed by atoms with Gasteiger partial charge >= 0.3 is 5.51 Å². The third-order valence-electron chi connectivity index (χ3n) is 1.77. The molecule has 0 aliphatic carbocycles. The SMILES string of the molecule is COCCOCCOCCNCCSC(F)(F)F. The molecule has 0 bridgehead atoms. The van der Waals surface area contributed by atoms with Crippen LogP contribution in [0, 0.1) is 0 Å². The maximum absolute atomic E-state index is 11.7. The molecule has 0 spiro atoms. The van der Waals surface area contributed by atoms with Crippen molar-refractivity contribution in [3.05, 3.63) is 0 Å². The molecule has 0 heterocycles. The minimum atomic E-state index is -4.14. The highest BCUT2D eigenvalue weighted by Gasteiger charge is 2.27. The average molecular weight is 291 g/mol. The highest BCUT2D eigenvalue weighted by atomic mass is 32.2. The van der Waals surface area contributed by atoms with Crippen LogP contribution in [-0.2, 0) is 14.2 Å². The molecule has 0 aromatic rings. The molecule has 0 unspecified atom stereocenters. The highest BCUT2D eigenvalue weighted by molar-refractivity contribution is 8.00. The van der Waals surface area contributed by atoms with E-state index in [1.54, 1.807) is 7.11 Å². The van der Waals surface area contributed by atoms with Gasteiger partial charge in [-0.1, -0.05) is 0 Å². The van der Waals surface area contributed by atoms with Gasteiger partial charge in [-0.25, -0.2) is 0 Å². The largest absolute Gasteiger partial charge is 0.441 e. The van der Waals surface area contributed by atoms with Crippen LogP contribution in [0.2, 0.25) is 0 Å². The first-order chi connectivity index (χ1) is 8.56. The van der Waals surface area contributed by atoms with E-state index in [-0.39, 0.29) is 17.5 Å². The predicted molar refractivity (Wildman–Crippen MR) is 64.9 cm³/mol. The first kappa shape index (κ1) is 18.0. The van der Waals surface area contributed by atoms with E-state index in [1.807, 2.05) is 0 Å². The Morgan fingerprint density at radius 3 is 2.17 bits per heavy atom. The minimum Gasteiger partial charge on any atom is -0.382 e. The summed E-state index contributed by atoms with van der Waals surface area (Å²) in [6, 6.07) is 0. The van der Waals surface area contributed by atoms with Crippen LogP contribution in [0.3, 0.4) is 0 Å². The lowest BCUT2D eigenvalue weighted by Crippen LogP contribution is -2.24. The second kappa shape index (κ2) is 12.0. The fraction of sp³-hybridized carbons (Fsp3) is 1.00. The Balaban J connectivity index is 2.99. The Kier molecular flexibility index (Phi) is 12.0. The lowest BCUT2D eigenvalue weighted by atomic mass is 10.6.